The van der Waals surface area contributed by atoms with Crippen LogP contribution in [0.15, 0.2) is 10.8 Å². The zero-order chi connectivity index (χ0) is 10.9. The average molecular weight is 224 g/mol. The first-order valence-corrected chi connectivity index (χ1v) is 7.36. The quantitative estimate of drug-likeness (QED) is 0.531. The van der Waals surface area contributed by atoms with Gasteiger partial charge < -0.3 is 0 Å². The summed E-state index contributed by atoms with van der Waals surface area (Å²) in [5, 5.41) is 4.69. The second-order valence-corrected chi connectivity index (χ2v) is 5.08. The van der Waals surface area contributed by atoms with Gasteiger partial charge in [-0.15, -0.1) is 0 Å². The number of aryl methyl sites for hydroxylation is 2. The van der Waals surface area contributed by atoms with E-state index in [1.54, 1.807) is 11.1 Å². The summed E-state index contributed by atoms with van der Waals surface area (Å²) in [7, 11) is 0. The van der Waals surface area contributed by atoms with Gasteiger partial charge in [-0.2, -0.15) is 11.3 Å². The van der Waals surface area contributed by atoms with Crippen molar-refractivity contribution < 1.29 is 0 Å². The molecule has 1 aromatic heterocycles. The first kappa shape index (κ1) is 12.8. The summed E-state index contributed by atoms with van der Waals surface area (Å²) < 4.78 is 0. The Bertz CT molecular complexity index is 250. The zero-order valence-electron chi connectivity index (χ0n) is 10.2. The van der Waals surface area contributed by atoms with Crippen LogP contribution < -0.4 is 0 Å². The lowest BCUT2D eigenvalue weighted by Crippen LogP contribution is -1.90. The predicted molar refractivity (Wildman–Crippen MR) is 70.8 cm³/mol. The predicted octanol–water partition coefficient (Wildman–Crippen LogP) is 5.21. The third kappa shape index (κ3) is 4.83. The summed E-state index contributed by atoms with van der Waals surface area (Å²) in [4.78, 5) is 0. The smallest absolute Gasteiger partial charge is 0.00584 e. The van der Waals surface area contributed by atoms with Crippen LogP contribution in [0.3, 0.4) is 0 Å². The molecule has 0 spiro atoms. The molecule has 0 nitrogen and oxygen atoms in total. The molecular weight excluding hydrogens is 200 g/mol. The normalized spacial score (nSPS) is 10.8. The van der Waals surface area contributed by atoms with Gasteiger partial charge in [0.25, 0.3) is 0 Å². The zero-order valence-corrected chi connectivity index (χ0v) is 11.0. The lowest BCUT2D eigenvalue weighted by atomic mass is 10.0. The highest BCUT2D eigenvalue weighted by Crippen LogP contribution is 2.19. The third-order valence-corrected chi connectivity index (χ3v) is 3.74. The Morgan fingerprint density at radius 1 is 0.800 bits per heavy atom. The van der Waals surface area contributed by atoms with Gasteiger partial charge in [-0.25, -0.2) is 0 Å². The minimum absolute atomic E-state index is 1.27. The van der Waals surface area contributed by atoms with E-state index in [2.05, 4.69) is 24.6 Å². The van der Waals surface area contributed by atoms with Crippen LogP contribution >= 0.6 is 11.3 Å². The van der Waals surface area contributed by atoms with Crippen LogP contribution in [-0.4, -0.2) is 0 Å². The van der Waals surface area contributed by atoms with E-state index in [9.17, 15) is 0 Å². The molecule has 0 amide bonds. The summed E-state index contributed by atoms with van der Waals surface area (Å²) in [6.07, 6.45) is 10.8. The topological polar surface area (TPSA) is 0 Å². The van der Waals surface area contributed by atoms with Crippen molar-refractivity contribution in [3.05, 3.63) is 21.9 Å². The molecule has 1 heteroatoms. The number of thiophene rings is 1. The molecule has 0 aliphatic heterocycles. The van der Waals surface area contributed by atoms with Crippen molar-refractivity contribution in [2.24, 2.45) is 0 Å². The van der Waals surface area contributed by atoms with Crippen molar-refractivity contribution >= 4 is 11.3 Å². The molecule has 0 aliphatic rings. The van der Waals surface area contributed by atoms with E-state index in [1.807, 2.05) is 11.3 Å². The van der Waals surface area contributed by atoms with Crippen LogP contribution in [0.25, 0.3) is 0 Å². The van der Waals surface area contributed by atoms with E-state index in [1.165, 1.54) is 51.4 Å². The highest BCUT2D eigenvalue weighted by atomic mass is 32.1. The van der Waals surface area contributed by atoms with Crippen molar-refractivity contribution in [2.45, 2.75) is 65.2 Å². The van der Waals surface area contributed by atoms with Crippen LogP contribution in [0, 0.1) is 0 Å². The second kappa shape index (κ2) is 7.92. The Labute approximate surface area is 98.7 Å². The fraction of sp³-hybridized carbons (Fsp3) is 0.714. The maximum Gasteiger partial charge on any atom is -0.00584 e. The Kier molecular flexibility index (Phi) is 6.74. The van der Waals surface area contributed by atoms with Crippen LogP contribution in [0.1, 0.15) is 63.5 Å². The minimum atomic E-state index is 1.27. The Morgan fingerprint density at radius 3 is 2.13 bits per heavy atom. The molecule has 0 saturated carbocycles. The molecule has 1 aromatic rings. The molecule has 0 unspecified atom stereocenters. The van der Waals surface area contributed by atoms with Crippen molar-refractivity contribution in [3.8, 4) is 0 Å². The molecule has 15 heavy (non-hydrogen) atoms. The number of hydrogen-bond acceptors (Lipinski definition) is 1. The maximum atomic E-state index is 2.35. The number of unbranched alkanes of at least 4 members (excludes halogenated alkanes) is 4. The molecule has 0 radical (unpaired) electrons. The van der Waals surface area contributed by atoms with E-state index >= 15 is 0 Å². The first-order chi connectivity index (χ1) is 7.38. The lowest BCUT2D eigenvalue weighted by Gasteiger charge is -2.02. The van der Waals surface area contributed by atoms with Gasteiger partial charge in [0.2, 0.25) is 0 Å². The molecule has 1 rings (SSSR count). The van der Waals surface area contributed by atoms with Gasteiger partial charge in [-0.3, -0.25) is 0 Å². The summed E-state index contributed by atoms with van der Waals surface area (Å²) >= 11 is 1.87. The number of rotatable bonds is 8. The lowest BCUT2D eigenvalue weighted by molar-refractivity contribution is 0.631. The van der Waals surface area contributed by atoms with Crippen LogP contribution in [-0.2, 0) is 12.8 Å². The van der Waals surface area contributed by atoms with Gasteiger partial charge in [0.15, 0.2) is 0 Å². The maximum absolute atomic E-state index is 2.35. The van der Waals surface area contributed by atoms with Gasteiger partial charge in [0, 0.05) is 0 Å². The van der Waals surface area contributed by atoms with Crippen LogP contribution in [0.2, 0.25) is 0 Å². The minimum Gasteiger partial charge on any atom is -0.152 e. The summed E-state index contributed by atoms with van der Waals surface area (Å²) in [6.45, 7) is 4.54. The standard InChI is InChI=1S/C14H24S/c1-3-5-6-7-8-10-14-12-15-11-13(14)9-4-2/h11-12H,3-10H2,1-2H3. The Balaban J connectivity index is 2.21. The molecule has 0 N–H and O–H groups in total. The molecule has 0 saturated heterocycles. The van der Waals surface area contributed by atoms with Gasteiger partial charge in [0.1, 0.15) is 0 Å². The van der Waals surface area contributed by atoms with Gasteiger partial charge >= 0.3 is 0 Å². The Hall–Kier alpha value is -0.300. The van der Waals surface area contributed by atoms with Crippen LogP contribution in [0.4, 0.5) is 0 Å². The Morgan fingerprint density at radius 2 is 1.47 bits per heavy atom. The molecule has 0 fully saturated rings. The van der Waals surface area contributed by atoms with Crippen molar-refractivity contribution in [2.75, 3.05) is 0 Å². The monoisotopic (exact) mass is 224 g/mol. The van der Waals surface area contributed by atoms with E-state index in [0.717, 1.165) is 0 Å². The highest BCUT2D eigenvalue weighted by Gasteiger charge is 2.02. The number of hydrogen-bond donors (Lipinski definition) is 0. The van der Waals surface area contributed by atoms with E-state index < -0.39 is 0 Å². The second-order valence-electron chi connectivity index (χ2n) is 4.34. The SMILES string of the molecule is CCCCCCCc1cscc1CCC. The van der Waals surface area contributed by atoms with Crippen molar-refractivity contribution in [1.82, 2.24) is 0 Å². The molecule has 1 heterocycles. The largest absolute Gasteiger partial charge is 0.152 e. The summed E-state index contributed by atoms with van der Waals surface area (Å²) in [6, 6.07) is 0. The van der Waals surface area contributed by atoms with E-state index in [-0.39, 0.29) is 0 Å². The molecule has 0 aliphatic carbocycles. The van der Waals surface area contributed by atoms with Crippen molar-refractivity contribution in [3.63, 3.8) is 0 Å². The molecule has 0 bridgehead atoms. The van der Waals surface area contributed by atoms with Crippen molar-refractivity contribution in [1.29, 1.82) is 0 Å². The fourth-order valence-electron chi connectivity index (χ4n) is 1.98. The van der Waals surface area contributed by atoms with Gasteiger partial charge in [0.05, 0.1) is 0 Å². The van der Waals surface area contributed by atoms with Gasteiger partial charge in [-0.05, 0) is 41.1 Å². The van der Waals surface area contributed by atoms with Gasteiger partial charge in [-0.1, -0.05) is 46.0 Å². The fourth-order valence-corrected chi connectivity index (χ4v) is 2.91. The highest BCUT2D eigenvalue weighted by molar-refractivity contribution is 7.08. The average Bonchev–Trinajstić information content (AvgIpc) is 2.66. The summed E-state index contributed by atoms with van der Waals surface area (Å²) in [5.74, 6) is 0. The first-order valence-electron chi connectivity index (χ1n) is 6.42. The van der Waals surface area contributed by atoms with E-state index in [4.69, 9.17) is 0 Å². The molecular formula is C14H24S. The molecule has 86 valence electrons. The molecule has 0 atom stereocenters. The summed E-state index contributed by atoms with van der Waals surface area (Å²) in [5.41, 5.74) is 3.23. The molecule has 0 aromatic carbocycles. The third-order valence-electron chi connectivity index (χ3n) is 2.90. The van der Waals surface area contributed by atoms with E-state index in [0.29, 0.717) is 0 Å². The van der Waals surface area contributed by atoms with Crippen LogP contribution in [0.5, 0.6) is 0 Å².